The van der Waals surface area contributed by atoms with E-state index in [1.165, 1.54) is 12.1 Å². The first-order chi connectivity index (χ1) is 10.5. The average Bonchev–Trinajstić information content (AvgIpc) is 3.28. The van der Waals surface area contributed by atoms with Crippen molar-refractivity contribution >= 4 is 5.91 Å². The first kappa shape index (κ1) is 15.4. The maximum absolute atomic E-state index is 12.9. The van der Waals surface area contributed by atoms with E-state index >= 15 is 0 Å². The van der Waals surface area contributed by atoms with Crippen molar-refractivity contribution < 1.29 is 14.3 Å². The van der Waals surface area contributed by atoms with Gasteiger partial charge in [-0.15, -0.1) is 0 Å². The van der Waals surface area contributed by atoms with E-state index in [2.05, 4.69) is 4.90 Å². The summed E-state index contributed by atoms with van der Waals surface area (Å²) in [4.78, 5) is 16.7. The third kappa shape index (κ3) is 3.47. The highest BCUT2D eigenvalue weighted by atomic mass is 19.1. The minimum Gasteiger partial charge on any atom is -0.392 e. The van der Waals surface area contributed by atoms with Crippen molar-refractivity contribution in [2.75, 3.05) is 32.7 Å². The van der Waals surface area contributed by atoms with Gasteiger partial charge >= 0.3 is 0 Å². The number of rotatable bonds is 4. The van der Waals surface area contributed by atoms with Crippen LogP contribution in [0.25, 0.3) is 0 Å². The Kier molecular flexibility index (Phi) is 4.45. The Morgan fingerprint density at radius 1 is 1.27 bits per heavy atom. The lowest BCUT2D eigenvalue weighted by molar-refractivity contribution is -0.134. The van der Waals surface area contributed by atoms with Crippen LogP contribution in [0.3, 0.4) is 0 Å². The quantitative estimate of drug-likeness (QED) is 0.916. The van der Waals surface area contributed by atoms with Crippen molar-refractivity contribution in [3.8, 4) is 0 Å². The maximum atomic E-state index is 12.9. The van der Waals surface area contributed by atoms with Gasteiger partial charge in [0.2, 0.25) is 5.91 Å². The van der Waals surface area contributed by atoms with Crippen molar-refractivity contribution in [1.82, 2.24) is 9.80 Å². The van der Waals surface area contributed by atoms with Crippen LogP contribution in [0.2, 0.25) is 0 Å². The predicted octanol–water partition coefficient (Wildman–Crippen LogP) is 1.45. The second-order valence-corrected chi connectivity index (χ2v) is 6.48. The molecule has 1 saturated heterocycles. The molecule has 120 valence electrons. The molecular formula is C17H23FN2O2. The molecule has 4 nitrogen and oxygen atoms in total. The van der Waals surface area contributed by atoms with Gasteiger partial charge in [0.1, 0.15) is 5.82 Å². The van der Waals surface area contributed by atoms with E-state index < -0.39 is 0 Å². The van der Waals surface area contributed by atoms with Gasteiger partial charge in [0.05, 0.1) is 6.10 Å². The minimum atomic E-state index is -0.325. The van der Waals surface area contributed by atoms with Gasteiger partial charge in [0, 0.05) is 38.6 Å². The number of hydrogen-bond donors (Lipinski definition) is 1. The van der Waals surface area contributed by atoms with Crippen molar-refractivity contribution in [3.05, 3.63) is 35.6 Å². The molecule has 1 saturated carbocycles. The summed E-state index contributed by atoms with van der Waals surface area (Å²) in [6, 6.07) is 6.50. The summed E-state index contributed by atoms with van der Waals surface area (Å²) in [5.41, 5.74) is 1.06. The lowest BCUT2D eigenvalue weighted by atomic mass is 10.1. The summed E-state index contributed by atoms with van der Waals surface area (Å²) < 4.78 is 12.9. The van der Waals surface area contributed by atoms with Crippen LogP contribution < -0.4 is 0 Å². The fourth-order valence-corrected chi connectivity index (χ4v) is 3.31. The fraction of sp³-hybridized carbons (Fsp3) is 0.588. The Morgan fingerprint density at radius 3 is 2.50 bits per heavy atom. The van der Waals surface area contributed by atoms with E-state index in [0.29, 0.717) is 6.54 Å². The predicted molar refractivity (Wildman–Crippen MR) is 81.9 cm³/mol. The summed E-state index contributed by atoms with van der Waals surface area (Å²) in [5.74, 6) is 0.310. The molecule has 3 rings (SSSR count). The van der Waals surface area contributed by atoms with Crippen molar-refractivity contribution in [1.29, 1.82) is 0 Å². The molecular weight excluding hydrogens is 283 g/mol. The van der Waals surface area contributed by atoms with Gasteiger partial charge in [-0.3, -0.25) is 9.69 Å². The number of amides is 1. The molecule has 0 radical (unpaired) electrons. The standard InChI is InChI=1S/C17H23FN2O2/c1-12(21)11-19-6-8-20(9-7-19)17(22)16-10-15(16)13-2-4-14(18)5-3-13/h2-5,12,15-16,21H,6-11H2,1H3/t12-,15-,16-/m0/s1. The minimum absolute atomic E-state index is 0.0637. The summed E-state index contributed by atoms with van der Waals surface area (Å²) in [6.07, 6.45) is 0.548. The van der Waals surface area contributed by atoms with Crippen LogP contribution in [0.5, 0.6) is 0 Å². The Morgan fingerprint density at radius 2 is 1.91 bits per heavy atom. The van der Waals surface area contributed by atoms with Crippen molar-refractivity contribution in [3.63, 3.8) is 0 Å². The molecule has 2 fully saturated rings. The second-order valence-electron chi connectivity index (χ2n) is 6.48. The molecule has 0 spiro atoms. The Hall–Kier alpha value is -1.46. The number of carbonyl (C=O) groups excluding carboxylic acids is 1. The van der Waals surface area contributed by atoms with E-state index in [0.717, 1.165) is 38.2 Å². The molecule has 3 atom stereocenters. The zero-order valence-corrected chi connectivity index (χ0v) is 12.9. The van der Waals surface area contributed by atoms with Crippen molar-refractivity contribution in [2.24, 2.45) is 5.92 Å². The van der Waals surface area contributed by atoms with Crippen LogP contribution in [0.1, 0.15) is 24.8 Å². The Bertz CT molecular complexity index is 524. The smallest absolute Gasteiger partial charge is 0.226 e. The number of carbonyl (C=O) groups is 1. The number of piperazine rings is 1. The molecule has 1 aliphatic carbocycles. The van der Waals surface area contributed by atoms with Gasteiger partial charge in [0.25, 0.3) is 0 Å². The summed E-state index contributed by atoms with van der Waals surface area (Å²) in [6.45, 7) is 5.57. The largest absolute Gasteiger partial charge is 0.392 e. The normalized spacial score (nSPS) is 26.8. The number of hydrogen-bond acceptors (Lipinski definition) is 3. The summed E-state index contributed by atoms with van der Waals surface area (Å²) >= 11 is 0. The number of benzene rings is 1. The van der Waals surface area contributed by atoms with Crippen LogP contribution in [-0.2, 0) is 4.79 Å². The molecule has 0 unspecified atom stereocenters. The molecule has 1 aliphatic heterocycles. The van der Waals surface area contributed by atoms with E-state index in [9.17, 15) is 14.3 Å². The number of halogens is 1. The lowest BCUT2D eigenvalue weighted by Gasteiger charge is -2.35. The number of aliphatic hydroxyl groups is 1. The van der Waals surface area contributed by atoms with Gasteiger partial charge in [-0.2, -0.15) is 0 Å². The summed E-state index contributed by atoms with van der Waals surface area (Å²) in [7, 11) is 0. The van der Waals surface area contributed by atoms with Crippen LogP contribution >= 0.6 is 0 Å². The highest BCUT2D eigenvalue weighted by molar-refractivity contribution is 5.83. The maximum Gasteiger partial charge on any atom is 0.226 e. The highest BCUT2D eigenvalue weighted by Crippen LogP contribution is 2.48. The van der Waals surface area contributed by atoms with Crippen LogP contribution in [-0.4, -0.2) is 59.6 Å². The van der Waals surface area contributed by atoms with Gasteiger partial charge in [-0.05, 0) is 37.0 Å². The summed E-state index contributed by atoms with van der Waals surface area (Å²) in [5, 5.41) is 9.41. The van der Waals surface area contributed by atoms with Gasteiger partial charge in [-0.1, -0.05) is 12.1 Å². The molecule has 0 aromatic heterocycles. The first-order valence-corrected chi connectivity index (χ1v) is 7.99. The Balaban J connectivity index is 1.51. The topological polar surface area (TPSA) is 43.8 Å². The SMILES string of the molecule is C[C@H](O)CN1CCN(C(=O)[C@H]2C[C@H]2c2ccc(F)cc2)CC1. The molecule has 1 N–H and O–H groups in total. The van der Waals surface area contributed by atoms with Gasteiger partial charge in [0.15, 0.2) is 0 Å². The molecule has 5 heteroatoms. The van der Waals surface area contributed by atoms with E-state index in [4.69, 9.17) is 0 Å². The number of aliphatic hydroxyl groups excluding tert-OH is 1. The lowest BCUT2D eigenvalue weighted by Crippen LogP contribution is -2.50. The Labute approximate surface area is 130 Å². The number of nitrogens with zero attached hydrogens (tertiary/aromatic N) is 2. The second kappa shape index (κ2) is 6.34. The molecule has 1 amide bonds. The van der Waals surface area contributed by atoms with Crippen LogP contribution in [0, 0.1) is 11.7 Å². The van der Waals surface area contributed by atoms with Crippen molar-refractivity contribution in [2.45, 2.75) is 25.4 Å². The van der Waals surface area contributed by atoms with Gasteiger partial charge in [-0.25, -0.2) is 4.39 Å². The zero-order chi connectivity index (χ0) is 15.7. The molecule has 2 aliphatic rings. The van der Waals surface area contributed by atoms with Gasteiger partial charge < -0.3 is 10.0 Å². The molecule has 0 bridgehead atoms. The van der Waals surface area contributed by atoms with E-state index in [1.54, 1.807) is 19.1 Å². The molecule has 1 heterocycles. The molecule has 1 aromatic rings. The number of β-amino-alcohol motifs (C(OH)–C–C–N with tert-alkyl or cyclic N) is 1. The molecule has 22 heavy (non-hydrogen) atoms. The highest BCUT2D eigenvalue weighted by Gasteiger charge is 2.46. The zero-order valence-electron chi connectivity index (χ0n) is 12.9. The third-order valence-corrected chi connectivity index (χ3v) is 4.61. The van der Waals surface area contributed by atoms with E-state index in [1.807, 2.05) is 4.90 Å². The molecule has 1 aromatic carbocycles. The van der Waals surface area contributed by atoms with Crippen LogP contribution in [0.4, 0.5) is 4.39 Å². The average molecular weight is 306 g/mol. The monoisotopic (exact) mass is 306 g/mol. The fourth-order valence-electron chi connectivity index (χ4n) is 3.31. The van der Waals surface area contributed by atoms with Crippen LogP contribution in [0.15, 0.2) is 24.3 Å². The van der Waals surface area contributed by atoms with E-state index in [-0.39, 0.29) is 29.7 Å². The third-order valence-electron chi connectivity index (χ3n) is 4.61. The first-order valence-electron chi connectivity index (χ1n) is 7.99.